The van der Waals surface area contributed by atoms with Gasteiger partial charge in [-0.25, -0.2) is 0 Å². The first-order chi connectivity index (χ1) is 8.54. The predicted octanol–water partition coefficient (Wildman–Crippen LogP) is 2.67. The molecule has 1 atom stereocenters. The smallest absolute Gasteiger partial charge is 0.172 e. The van der Waals surface area contributed by atoms with Crippen LogP contribution in [0.25, 0.3) is 0 Å². The number of benzene rings is 1. The van der Waals surface area contributed by atoms with E-state index in [2.05, 4.69) is 17.0 Å². The summed E-state index contributed by atoms with van der Waals surface area (Å²) < 4.78 is 0. The van der Waals surface area contributed by atoms with Crippen molar-refractivity contribution in [2.24, 2.45) is 16.8 Å². The molecule has 18 heavy (non-hydrogen) atoms. The van der Waals surface area contributed by atoms with Crippen LogP contribution >= 0.6 is 11.6 Å². The highest BCUT2D eigenvalue weighted by molar-refractivity contribution is 6.31. The number of halogens is 1. The third-order valence-electron chi connectivity index (χ3n) is 3.64. The number of nitrogens with two attached hydrogens (primary N) is 1. The minimum absolute atomic E-state index is 0.108. The fourth-order valence-corrected chi connectivity index (χ4v) is 2.35. The van der Waals surface area contributed by atoms with Gasteiger partial charge in [-0.15, -0.1) is 0 Å². The van der Waals surface area contributed by atoms with Gasteiger partial charge in [0.15, 0.2) is 5.84 Å². The summed E-state index contributed by atoms with van der Waals surface area (Å²) in [7, 11) is 2.02. The Balaban J connectivity index is 2.37. The van der Waals surface area contributed by atoms with Crippen LogP contribution in [-0.2, 0) is 0 Å². The molecule has 2 rings (SSSR count). The number of hydrogen-bond donors (Lipinski definition) is 2. The Labute approximate surface area is 112 Å². The molecule has 1 unspecified atom stereocenters. The van der Waals surface area contributed by atoms with Crippen molar-refractivity contribution in [3.63, 3.8) is 0 Å². The fourth-order valence-electron chi connectivity index (χ4n) is 2.18. The summed E-state index contributed by atoms with van der Waals surface area (Å²) in [4.78, 5) is 2.15. The first-order valence-corrected chi connectivity index (χ1v) is 6.42. The molecule has 1 aliphatic carbocycles. The maximum absolute atomic E-state index is 8.84. The average Bonchev–Trinajstić information content (AvgIpc) is 3.20. The highest BCUT2D eigenvalue weighted by atomic mass is 35.5. The molecule has 1 fully saturated rings. The Morgan fingerprint density at radius 3 is 2.78 bits per heavy atom. The second kappa shape index (κ2) is 5.06. The summed E-state index contributed by atoms with van der Waals surface area (Å²) >= 11 is 6.04. The van der Waals surface area contributed by atoms with Crippen LogP contribution < -0.4 is 10.6 Å². The van der Waals surface area contributed by atoms with E-state index in [0.29, 0.717) is 16.6 Å². The van der Waals surface area contributed by atoms with Crippen molar-refractivity contribution in [2.75, 3.05) is 11.9 Å². The molecule has 1 aromatic carbocycles. The molecule has 5 heteroatoms. The molecule has 0 saturated heterocycles. The predicted molar refractivity (Wildman–Crippen MR) is 74.6 cm³/mol. The van der Waals surface area contributed by atoms with E-state index in [1.807, 2.05) is 13.1 Å². The van der Waals surface area contributed by atoms with Gasteiger partial charge < -0.3 is 15.8 Å². The third-order valence-corrected chi connectivity index (χ3v) is 3.87. The van der Waals surface area contributed by atoms with E-state index in [0.717, 1.165) is 11.6 Å². The number of rotatable bonds is 4. The zero-order valence-corrected chi connectivity index (χ0v) is 11.4. The van der Waals surface area contributed by atoms with E-state index in [9.17, 15) is 0 Å². The average molecular weight is 268 g/mol. The largest absolute Gasteiger partial charge is 0.409 e. The van der Waals surface area contributed by atoms with Crippen molar-refractivity contribution in [3.8, 4) is 0 Å². The molecular formula is C13H18ClN3O. The molecule has 1 saturated carbocycles. The highest BCUT2D eigenvalue weighted by Gasteiger charge is 2.31. The van der Waals surface area contributed by atoms with Gasteiger partial charge in [0.05, 0.1) is 0 Å². The SMILES string of the molecule is CC(C1CC1)N(C)c1cc(Cl)ccc1C(N)=NO. The second-order valence-corrected chi connectivity index (χ2v) is 5.27. The Bertz CT molecular complexity index is 471. The molecular weight excluding hydrogens is 250 g/mol. The Morgan fingerprint density at radius 1 is 1.56 bits per heavy atom. The quantitative estimate of drug-likeness (QED) is 0.382. The molecule has 1 aliphatic rings. The van der Waals surface area contributed by atoms with Crippen molar-refractivity contribution in [1.82, 2.24) is 0 Å². The number of oxime groups is 1. The minimum Gasteiger partial charge on any atom is -0.409 e. The van der Waals surface area contributed by atoms with Crippen LogP contribution in [0.2, 0.25) is 5.02 Å². The lowest BCUT2D eigenvalue weighted by Crippen LogP contribution is -2.32. The van der Waals surface area contributed by atoms with Gasteiger partial charge in [-0.2, -0.15) is 0 Å². The van der Waals surface area contributed by atoms with Gasteiger partial charge >= 0.3 is 0 Å². The fraction of sp³-hybridized carbons (Fsp3) is 0.462. The molecule has 3 N–H and O–H groups in total. The maximum atomic E-state index is 8.84. The Kier molecular flexibility index (Phi) is 3.66. The van der Waals surface area contributed by atoms with Gasteiger partial charge in [0.25, 0.3) is 0 Å². The lowest BCUT2D eigenvalue weighted by molar-refractivity contribution is 0.318. The molecule has 0 radical (unpaired) electrons. The standard InChI is InChI=1S/C13H18ClN3O/c1-8(9-3-4-9)17(2)12-7-10(14)5-6-11(12)13(15)16-18/h5-9,18H,3-4H2,1-2H3,(H2,15,16). The van der Waals surface area contributed by atoms with Crippen LogP contribution in [0, 0.1) is 5.92 Å². The number of anilines is 1. The molecule has 1 aromatic rings. The van der Waals surface area contributed by atoms with Gasteiger partial charge in [-0.3, -0.25) is 0 Å². The molecule has 98 valence electrons. The van der Waals surface area contributed by atoms with E-state index < -0.39 is 0 Å². The van der Waals surface area contributed by atoms with E-state index in [1.54, 1.807) is 12.1 Å². The van der Waals surface area contributed by atoms with Gasteiger partial charge in [-0.05, 0) is 43.9 Å². The van der Waals surface area contributed by atoms with Gasteiger partial charge in [0.2, 0.25) is 0 Å². The zero-order valence-electron chi connectivity index (χ0n) is 10.6. The first kappa shape index (κ1) is 13.0. The summed E-state index contributed by atoms with van der Waals surface area (Å²) in [6.45, 7) is 2.19. The monoisotopic (exact) mass is 267 g/mol. The molecule has 0 amide bonds. The minimum atomic E-state index is 0.108. The normalized spacial score (nSPS) is 17.6. The van der Waals surface area contributed by atoms with Crippen molar-refractivity contribution in [1.29, 1.82) is 0 Å². The summed E-state index contributed by atoms with van der Waals surface area (Å²) in [5, 5.41) is 12.6. The summed E-state index contributed by atoms with van der Waals surface area (Å²) in [5.41, 5.74) is 7.31. The van der Waals surface area contributed by atoms with Crippen LogP contribution in [0.3, 0.4) is 0 Å². The molecule has 0 aliphatic heterocycles. The lowest BCUT2D eigenvalue weighted by Gasteiger charge is -2.29. The number of amidine groups is 1. The van der Waals surface area contributed by atoms with E-state index >= 15 is 0 Å². The van der Waals surface area contributed by atoms with Crippen molar-refractivity contribution >= 4 is 23.1 Å². The maximum Gasteiger partial charge on any atom is 0.172 e. The first-order valence-electron chi connectivity index (χ1n) is 6.05. The lowest BCUT2D eigenvalue weighted by atomic mass is 10.1. The molecule has 0 aromatic heterocycles. The van der Waals surface area contributed by atoms with E-state index in [1.165, 1.54) is 12.8 Å². The van der Waals surface area contributed by atoms with Gasteiger partial charge in [0.1, 0.15) is 0 Å². The van der Waals surface area contributed by atoms with Crippen molar-refractivity contribution in [3.05, 3.63) is 28.8 Å². The highest BCUT2D eigenvalue weighted by Crippen LogP contribution is 2.37. The molecule has 0 spiro atoms. The van der Waals surface area contributed by atoms with Crippen LogP contribution in [0.15, 0.2) is 23.4 Å². The van der Waals surface area contributed by atoms with Gasteiger partial charge in [0, 0.05) is 29.4 Å². The van der Waals surface area contributed by atoms with Crippen LogP contribution in [0.5, 0.6) is 0 Å². The summed E-state index contributed by atoms with van der Waals surface area (Å²) in [5.74, 6) is 0.839. The molecule has 0 bridgehead atoms. The Morgan fingerprint density at radius 2 is 2.22 bits per heavy atom. The van der Waals surface area contributed by atoms with Crippen LogP contribution in [0.4, 0.5) is 5.69 Å². The van der Waals surface area contributed by atoms with Crippen LogP contribution in [-0.4, -0.2) is 24.1 Å². The van der Waals surface area contributed by atoms with Crippen molar-refractivity contribution in [2.45, 2.75) is 25.8 Å². The second-order valence-electron chi connectivity index (χ2n) is 4.84. The molecule has 0 heterocycles. The third kappa shape index (κ3) is 2.53. The van der Waals surface area contributed by atoms with Crippen LogP contribution in [0.1, 0.15) is 25.3 Å². The zero-order chi connectivity index (χ0) is 13.3. The van der Waals surface area contributed by atoms with E-state index in [4.69, 9.17) is 22.5 Å². The number of nitrogens with zero attached hydrogens (tertiary/aromatic N) is 2. The summed E-state index contributed by atoms with van der Waals surface area (Å²) in [6.07, 6.45) is 2.54. The molecule has 4 nitrogen and oxygen atoms in total. The number of hydrogen-bond acceptors (Lipinski definition) is 3. The van der Waals surface area contributed by atoms with E-state index in [-0.39, 0.29) is 5.84 Å². The summed E-state index contributed by atoms with van der Waals surface area (Å²) in [6, 6.07) is 5.80. The van der Waals surface area contributed by atoms with Crippen molar-refractivity contribution < 1.29 is 5.21 Å². The van der Waals surface area contributed by atoms with Gasteiger partial charge in [-0.1, -0.05) is 16.8 Å². The Hall–Kier alpha value is -1.42. The topological polar surface area (TPSA) is 61.8 Å².